The Morgan fingerprint density at radius 3 is 2.57 bits per heavy atom. The zero-order chi connectivity index (χ0) is 25.3. The average molecular weight is 475 g/mol. The Balaban J connectivity index is 1.94. The number of aromatic amines is 1. The number of nitrogens with one attached hydrogen (secondary N) is 1. The van der Waals surface area contributed by atoms with Gasteiger partial charge in [-0.2, -0.15) is 0 Å². The highest BCUT2D eigenvalue weighted by Crippen LogP contribution is 2.44. The molecule has 0 spiro atoms. The molecule has 2 heterocycles. The van der Waals surface area contributed by atoms with Crippen LogP contribution in [0.4, 0.5) is 0 Å². The molecule has 1 aromatic heterocycles. The van der Waals surface area contributed by atoms with Crippen LogP contribution >= 0.6 is 0 Å². The predicted octanol–water partition coefficient (Wildman–Crippen LogP) is 6.22. The third-order valence-electron chi connectivity index (χ3n) is 6.71. The van der Waals surface area contributed by atoms with Gasteiger partial charge in [-0.15, -0.1) is 0 Å². The summed E-state index contributed by atoms with van der Waals surface area (Å²) in [5, 5.41) is 12.5. The van der Waals surface area contributed by atoms with Crippen LogP contribution in [0, 0.1) is 6.92 Å². The van der Waals surface area contributed by atoms with Crippen molar-refractivity contribution in [3.8, 4) is 5.75 Å². The second-order valence-corrected chi connectivity index (χ2v) is 9.40. The summed E-state index contributed by atoms with van der Waals surface area (Å²) in [7, 11) is 0. The number of likely N-dealkylation sites (tertiary alicyclic amines) is 1. The molecule has 0 saturated carbocycles. The molecule has 0 bridgehead atoms. The van der Waals surface area contributed by atoms with E-state index in [-0.39, 0.29) is 17.3 Å². The summed E-state index contributed by atoms with van der Waals surface area (Å²) < 4.78 is 5.77. The SMILES string of the molecule is CCCCN1C(=O)C(=O)/C(=C(/O)c2ccc(OCC)c(C(C)C)c2)C1c1c(C)[nH]c2ccccc12. The minimum absolute atomic E-state index is 0.137. The Labute approximate surface area is 206 Å². The summed E-state index contributed by atoms with van der Waals surface area (Å²) in [6.07, 6.45) is 1.66. The number of H-pyrrole nitrogens is 1. The van der Waals surface area contributed by atoms with E-state index in [9.17, 15) is 14.7 Å². The second-order valence-electron chi connectivity index (χ2n) is 9.40. The molecule has 1 atom stereocenters. The largest absolute Gasteiger partial charge is 0.507 e. The zero-order valence-electron chi connectivity index (χ0n) is 21.1. The van der Waals surface area contributed by atoms with Crippen molar-refractivity contribution in [2.24, 2.45) is 0 Å². The normalized spacial score (nSPS) is 17.7. The Morgan fingerprint density at radius 2 is 1.89 bits per heavy atom. The van der Waals surface area contributed by atoms with Crippen LogP contribution in [0.15, 0.2) is 48.0 Å². The van der Waals surface area contributed by atoms with E-state index in [1.54, 1.807) is 11.0 Å². The Hall–Kier alpha value is -3.54. The van der Waals surface area contributed by atoms with Crippen molar-refractivity contribution in [2.75, 3.05) is 13.2 Å². The quantitative estimate of drug-likeness (QED) is 0.231. The van der Waals surface area contributed by atoms with Gasteiger partial charge in [0.05, 0.1) is 18.2 Å². The smallest absolute Gasteiger partial charge is 0.295 e. The molecule has 1 aliphatic rings. The molecule has 4 rings (SSSR count). The van der Waals surface area contributed by atoms with Crippen LogP contribution in [-0.2, 0) is 9.59 Å². The zero-order valence-corrected chi connectivity index (χ0v) is 21.1. The number of carbonyl (C=O) groups excluding carboxylic acids is 2. The van der Waals surface area contributed by atoms with Gasteiger partial charge in [-0.1, -0.05) is 45.4 Å². The maximum Gasteiger partial charge on any atom is 0.295 e. The lowest BCUT2D eigenvalue weighted by Crippen LogP contribution is -2.30. The molecule has 6 nitrogen and oxygen atoms in total. The third kappa shape index (κ3) is 4.33. The van der Waals surface area contributed by atoms with Gasteiger partial charge in [0.2, 0.25) is 0 Å². The summed E-state index contributed by atoms with van der Waals surface area (Å²) in [6.45, 7) is 11.0. The van der Waals surface area contributed by atoms with Crippen molar-refractivity contribution in [1.82, 2.24) is 9.88 Å². The first kappa shape index (κ1) is 24.6. The fraction of sp³-hybridized carbons (Fsp3) is 0.379. The maximum atomic E-state index is 13.4. The highest BCUT2D eigenvalue weighted by Gasteiger charge is 2.47. The van der Waals surface area contributed by atoms with Crippen LogP contribution in [0.2, 0.25) is 0 Å². The lowest BCUT2D eigenvalue weighted by Gasteiger charge is -2.25. The molecule has 35 heavy (non-hydrogen) atoms. The molecular weight excluding hydrogens is 440 g/mol. The van der Waals surface area contributed by atoms with Gasteiger partial charge in [0.1, 0.15) is 11.5 Å². The molecule has 0 aliphatic carbocycles. The van der Waals surface area contributed by atoms with Crippen molar-refractivity contribution >= 4 is 28.4 Å². The van der Waals surface area contributed by atoms with Gasteiger partial charge >= 0.3 is 0 Å². The molecular formula is C29H34N2O4. The summed E-state index contributed by atoms with van der Waals surface area (Å²) >= 11 is 0. The van der Waals surface area contributed by atoms with Gasteiger partial charge in [0, 0.05) is 34.3 Å². The van der Waals surface area contributed by atoms with Gasteiger partial charge in [-0.05, 0) is 56.0 Å². The number of unbranched alkanes of at least 4 members (excludes halogenated alkanes) is 1. The maximum absolute atomic E-state index is 13.4. The van der Waals surface area contributed by atoms with E-state index in [4.69, 9.17) is 4.74 Å². The lowest BCUT2D eigenvalue weighted by atomic mass is 9.92. The van der Waals surface area contributed by atoms with E-state index < -0.39 is 17.7 Å². The molecule has 184 valence electrons. The average Bonchev–Trinajstić information content (AvgIpc) is 3.29. The van der Waals surface area contributed by atoms with Crippen molar-refractivity contribution < 1.29 is 19.4 Å². The first-order valence-electron chi connectivity index (χ1n) is 12.4. The highest BCUT2D eigenvalue weighted by molar-refractivity contribution is 6.46. The van der Waals surface area contributed by atoms with Crippen LogP contribution < -0.4 is 4.74 Å². The van der Waals surface area contributed by atoms with Crippen LogP contribution in [0.5, 0.6) is 5.75 Å². The van der Waals surface area contributed by atoms with Gasteiger partial charge in [0.25, 0.3) is 11.7 Å². The molecule has 2 aromatic carbocycles. The number of Topliss-reactive ketones (excluding diaryl/α,β-unsaturated/α-hetero) is 1. The van der Waals surface area contributed by atoms with E-state index in [1.807, 2.05) is 50.2 Å². The number of ether oxygens (including phenoxy) is 1. The number of rotatable bonds is 8. The van der Waals surface area contributed by atoms with Gasteiger partial charge in [-0.3, -0.25) is 9.59 Å². The fourth-order valence-electron chi connectivity index (χ4n) is 4.98. The number of nitrogens with zero attached hydrogens (tertiary/aromatic N) is 1. The third-order valence-corrected chi connectivity index (χ3v) is 6.71. The van der Waals surface area contributed by atoms with Gasteiger partial charge in [0.15, 0.2) is 0 Å². The minimum Gasteiger partial charge on any atom is -0.507 e. The number of aryl methyl sites for hydroxylation is 1. The first-order chi connectivity index (χ1) is 16.8. The number of para-hydroxylation sites is 1. The summed E-state index contributed by atoms with van der Waals surface area (Å²) in [4.78, 5) is 31.6. The van der Waals surface area contributed by atoms with Crippen molar-refractivity contribution in [2.45, 2.75) is 59.4 Å². The molecule has 0 radical (unpaired) electrons. The minimum atomic E-state index is -0.660. The summed E-state index contributed by atoms with van der Waals surface area (Å²) in [6, 6.07) is 12.6. The van der Waals surface area contributed by atoms with E-state index >= 15 is 0 Å². The second kappa shape index (κ2) is 9.98. The fourth-order valence-corrected chi connectivity index (χ4v) is 4.98. The van der Waals surface area contributed by atoms with E-state index in [2.05, 4.69) is 25.8 Å². The number of benzene rings is 2. The van der Waals surface area contributed by atoms with E-state index in [0.29, 0.717) is 18.7 Å². The number of fused-ring (bicyclic) bond motifs is 1. The monoisotopic (exact) mass is 474 g/mol. The van der Waals surface area contributed by atoms with Crippen molar-refractivity contribution in [3.05, 3.63) is 70.4 Å². The number of amides is 1. The van der Waals surface area contributed by atoms with Gasteiger partial charge < -0.3 is 19.7 Å². The molecule has 1 unspecified atom stereocenters. The number of aliphatic hydroxyl groups is 1. The number of hydrogen-bond acceptors (Lipinski definition) is 4. The number of aromatic nitrogens is 1. The van der Waals surface area contributed by atoms with Crippen LogP contribution in [0.1, 0.15) is 74.9 Å². The van der Waals surface area contributed by atoms with Crippen molar-refractivity contribution in [3.63, 3.8) is 0 Å². The molecule has 3 aromatic rings. The van der Waals surface area contributed by atoms with Crippen LogP contribution in [-0.4, -0.2) is 39.8 Å². The van der Waals surface area contributed by atoms with Crippen molar-refractivity contribution in [1.29, 1.82) is 0 Å². The van der Waals surface area contributed by atoms with Crippen LogP contribution in [0.25, 0.3) is 16.7 Å². The summed E-state index contributed by atoms with van der Waals surface area (Å²) in [5.41, 5.74) is 4.25. The number of ketones is 1. The standard InChI is InChI=1S/C29H34N2O4/c1-6-8-15-31-26(24-18(5)30-22-12-10-9-11-20(22)24)25(28(33)29(31)34)27(32)19-13-14-23(35-7-2)21(16-19)17(3)4/h9-14,16-17,26,30,32H,6-8,15H2,1-5H3/b27-25+. The molecule has 1 aliphatic heterocycles. The first-order valence-corrected chi connectivity index (χ1v) is 12.4. The molecule has 1 fully saturated rings. The Morgan fingerprint density at radius 1 is 1.14 bits per heavy atom. The number of aliphatic hydroxyl groups excluding tert-OH is 1. The van der Waals surface area contributed by atoms with E-state index in [0.717, 1.165) is 46.3 Å². The summed E-state index contributed by atoms with van der Waals surface area (Å²) in [5.74, 6) is -0.450. The van der Waals surface area contributed by atoms with Crippen LogP contribution in [0.3, 0.4) is 0 Å². The molecule has 1 amide bonds. The molecule has 1 saturated heterocycles. The number of hydrogen-bond donors (Lipinski definition) is 2. The highest BCUT2D eigenvalue weighted by atomic mass is 16.5. The molecule has 2 N–H and O–H groups in total. The number of carbonyl (C=O) groups is 2. The Kier molecular flexibility index (Phi) is 7.01. The predicted molar refractivity (Wildman–Crippen MR) is 139 cm³/mol. The molecule has 6 heteroatoms. The lowest BCUT2D eigenvalue weighted by molar-refractivity contribution is -0.139. The topological polar surface area (TPSA) is 82.6 Å². The van der Waals surface area contributed by atoms with E-state index in [1.165, 1.54) is 0 Å². The van der Waals surface area contributed by atoms with Gasteiger partial charge in [-0.25, -0.2) is 0 Å². The Bertz CT molecular complexity index is 1300.